The van der Waals surface area contributed by atoms with Crippen molar-refractivity contribution in [3.8, 4) is 0 Å². The van der Waals surface area contributed by atoms with Crippen LogP contribution in [-0.4, -0.2) is 10.9 Å². The summed E-state index contributed by atoms with van der Waals surface area (Å²) in [6, 6.07) is 21.6. The van der Waals surface area contributed by atoms with Crippen LogP contribution < -0.4 is 16.4 Å². The number of nitrogens with one attached hydrogen (secondary N) is 2. The molecule has 0 fully saturated rings. The normalized spacial score (nSPS) is 15.2. The third-order valence-electron chi connectivity index (χ3n) is 5.28. The highest BCUT2D eigenvalue weighted by molar-refractivity contribution is 7.22. The molecule has 5 nitrogen and oxygen atoms in total. The Balaban J connectivity index is 1.34. The predicted molar refractivity (Wildman–Crippen MR) is 120 cm³/mol. The van der Waals surface area contributed by atoms with Crippen LogP contribution in [-0.2, 0) is 6.42 Å². The van der Waals surface area contributed by atoms with Crippen molar-refractivity contribution in [3.05, 3.63) is 83.4 Å². The number of nitrogen functional groups attached to an aromatic ring is 1. The maximum Gasteiger partial charge on any atom is 0.255 e. The Hall–Kier alpha value is -3.38. The molecular formula is C23H20N4OS. The SMILES string of the molecule is Nc1ccccc1NC(=O)c1ccc2c(c1)CCC2Nc1nc2ccccc2s1. The summed E-state index contributed by atoms with van der Waals surface area (Å²) in [7, 11) is 0. The first kappa shape index (κ1) is 17.7. The highest BCUT2D eigenvalue weighted by Crippen LogP contribution is 2.36. The predicted octanol–water partition coefficient (Wildman–Crippen LogP) is 5.23. The van der Waals surface area contributed by atoms with Crippen molar-refractivity contribution in [1.29, 1.82) is 0 Å². The Morgan fingerprint density at radius 1 is 1.07 bits per heavy atom. The second-order valence-corrected chi connectivity index (χ2v) is 8.21. The Morgan fingerprint density at radius 2 is 1.90 bits per heavy atom. The topological polar surface area (TPSA) is 80.0 Å². The van der Waals surface area contributed by atoms with Gasteiger partial charge in [0, 0.05) is 5.56 Å². The number of fused-ring (bicyclic) bond motifs is 2. The molecule has 1 heterocycles. The third-order valence-corrected chi connectivity index (χ3v) is 6.25. The monoisotopic (exact) mass is 400 g/mol. The first-order valence-electron chi connectivity index (χ1n) is 9.58. The van der Waals surface area contributed by atoms with E-state index >= 15 is 0 Å². The average molecular weight is 401 g/mol. The van der Waals surface area contributed by atoms with Crippen molar-refractivity contribution >= 4 is 44.0 Å². The van der Waals surface area contributed by atoms with Crippen LogP contribution >= 0.6 is 11.3 Å². The number of benzene rings is 3. The first-order valence-corrected chi connectivity index (χ1v) is 10.4. The quantitative estimate of drug-likeness (QED) is 0.410. The van der Waals surface area contributed by atoms with Crippen LogP contribution in [0.4, 0.5) is 16.5 Å². The zero-order valence-corrected chi connectivity index (χ0v) is 16.5. The van der Waals surface area contributed by atoms with Crippen molar-refractivity contribution in [1.82, 2.24) is 4.98 Å². The van der Waals surface area contributed by atoms with E-state index in [1.807, 2.05) is 42.5 Å². The van der Waals surface area contributed by atoms with Gasteiger partial charge in [0.25, 0.3) is 5.91 Å². The van der Waals surface area contributed by atoms with Gasteiger partial charge in [-0.3, -0.25) is 4.79 Å². The van der Waals surface area contributed by atoms with Crippen LogP contribution in [0.5, 0.6) is 0 Å². The lowest BCUT2D eigenvalue weighted by Gasteiger charge is -2.14. The van der Waals surface area contributed by atoms with E-state index in [1.165, 1.54) is 15.8 Å². The van der Waals surface area contributed by atoms with Gasteiger partial charge in [-0.2, -0.15) is 0 Å². The lowest BCUT2D eigenvalue weighted by Crippen LogP contribution is -2.14. The summed E-state index contributed by atoms with van der Waals surface area (Å²) in [5, 5.41) is 7.40. The maximum atomic E-state index is 12.6. The van der Waals surface area contributed by atoms with E-state index in [2.05, 4.69) is 27.8 Å². The Kier molecular flexibility index (Phi) is 4.41. The number of hydrogen-bond donors (Lipinski definition) is 3. The molecule has 29 heavy (non-hydrogen) atoms. The molecule has 1 amide bonds. The number of carbonyl (C=O) groups is 1. The molecule has 0 radical (unpaired) electrons. The number of nitrogens with two attached hydrogens (primary N) is 1. The van der Waals surface area contributed by atoms with Crippen LogP contribution in [0.2, 0.25) is 0 Å². The van der Waals surface area contributed by atoms with E-state index < -0.39 is 0 Å². The molecule has 0 saturated carbocycles. The molecule has 6 heteroatoms. The number of carbonyl (C=O) groups excluding carboxylic acids is 1. The van der Waals surface area contributed by atoms with E-state index in [0.717, 1.165) is 23.5 Å². The van der Waals surface area contributed by atoms with Gasteiger partial charge < -0.3 is 16.4 Å². The van der Waals surface area contributed by atoms with Crippen molar-refractivity contribution in [3.63, 3.8) is 0 Å². The number of hydrogen-bond acceptors (Lipinski definition) is 5. The number of aromatic nitrogens is 1. The molecule has 3 aromatic carbocycles. The molecule has 4 aromatic rings. The van der Waals surface area contributed by atoms with Gasteiger partial charge in [0.05, 0.1) is 27.6 Å². The summed E-state index contributed by atoms with van der Waals surface area (Å²) in [6.45, 7) is 0. The molecule has 0 aliphatic heterocycles. The van der Waals surface area contributed by atoms with E-state index in [0.29, 0.717) is 16.9 Å². The lowest BCUT2D eigenvalue weighted by molar-refractivity contribution is 0.102. The van der Waals surface area contributed by atoms with Crippen LogP contribution in [0.15, 0.2) is 66.7 Å². The van der Waals surface area contributed by atoms with Gasteiger partial charge in [0.15, 0.2) is 5.13 Å². The van der Waals surface area contributed by atoms with Gasteiger partial charge in [-0.15, -0.1) is 0 Å². The second kappa shape index (κ2) is 7.22. The van der Waals surface area contributed by atoms with E-state index in [4.69, 9.17) is 5.73 Å². The zero-order chi connectivity index (χ0) is 19.8. The number of aryl methyl sites for hydroxylation is 1. The van der Waals surface area contributed by atoms with E-state index in [-0.39, 0.29) is 11.9 Å². The van der Waals surface area contributed by atoms with Crippen LogP contribution in [0.25, 0.3) is 10.2 Å². The minimum atomic E-state index is -0.145. The number of nitrogens with zero attached hydrogens (tertiary/aromatic N) is 1. The van der Waals surface area contributed by atoms with Gasteiger partial charge in [-0.05, 0) is 60.4 Å². The average Bonchev–Trinajstić information content (AvgIpc) is 3.33. The maximum absolute atomic E-state index is 12.6. The number of para-hydroxylation sites is 3. The lowest BCUT2D eigenvalue weighted by atomic mass is 10.0. The molecule has 5 rings (SSSR count). The van der Waals surface area contributed by atoms with Gasteiger partial charge in [-0.1, -0.05) is 41.7 Å². The largest absolute Gasteiger partial charge is 0.397 e. The highest BCUT2D eigenvalue weighted by Gasteiger charge is 2.24. The second-order valence-electron chi connectivity index (χ2n) is 7.18. The van der Waals surface area contributed by atoms with Crippen LogP contribution in [0, 0.1) is 0 Å². The van der Waals surface area contributed by atoms with Crippen molar-refractivity contribution in [2.24, 2.45) is 0 Å². The van der Waals surface area contributed by atoms with Gasteiger partial charge >= 0.3 is 0 Å². The first-order chi connectivity index (χ1) is 14.2. The molecular weight excluding hydrogens is 380 g/mol. The molecule has 144 valence electrons. The molecule has 0 saturated heterocycles. The van der Waals surface area contributed by atoms with Crippen LogP contribution in [0.1, 0.15) is 33.9 Å². The fraction of sp³-hybridized carbons (Fsp3) is 0.130. The molecule has 1 unspecified atom stereocenters. The zero-order valence-electron chi connectivity index (χ0n) is 15.7. The van der Waals surface area contributed by atoms with Gasteiger partial charge in [0.2, 0.25) is 0 Å². The third kappa shape index (κ3) is 3.43. The number of amides is 1. The molecule has 0 spiro atoms. The van der Waals surface area contributed by atoms with Crippen molar-refractivity contribution < 1.29 is 4.79 Å². The van der Waals surface area contributed by atoms with Crippen molar-refractivity contribution in [2.45, 2.75) is 18.9 Å². The minimum Gasteiger partial charge on any atom is -0.397 e. The molecule has 1 atom stereocenters. The number of anilines is 3. The molecule has 0 bridgehead atoms. The molecule has 1 aliphatic carbocycles. The summed E-state index contributed by atoms with van der Waals surface area (Å²) in [6.07, 6.45) is 1.93. The van der Waals surface area contributed by atoms with E-state index in [9.17, 15) is 4.79 Å². The highest BCUT2D eigenvalue weighted by atomic mass is 32.1. The summed E-state index contributed by atoms with van der Waals surface area (Å²) in [5.74, 6) is -0.145. The summed E-state index contributed by atoms with van der Waals surface area (Å²) in [5.41, 5.74) is 11.2. The minimum absolute atomic E-state index is 0.145. The number of thiazole rings is 1. The number of rotatable bonds is 4. The van der Waals surface area contributed by atoms with Gasteiger partial charge in [0.1, 0.15) is 0 Å². The van der Waals surface area contributed by atoms with Crippen LogP contribution in [0.3, 0.4) is 0 Å². The fourth-order valence-electron chi connectivity index (χ4n) is 3.80. The van der Waals surface area contributed by atoms with Gasteiger partial charge in [-0.25, -0.2) is 4.98 Å². The summed E-state index contributed by atoms with van der Waals surface area (Å²) >= 11 is 1.67. The Bertz CT molecular complexity index is 1180. The molecule has 1 aromatic heterocycles. The van der Waals surface area contributed by atoms with Crippen molar-refractivity contribution in [2.75, 3.05) is 16.4 Å². The Labute approximate surface area is 172 Å². The smallest absolute Gasteiger partial charge is 0.255 e. The standard InChI is InChI=1S/C23H20N4OS/c24-17-5-1-2-6-19(17)25-22(28)15-9-11-16-14(13-15)10-12-18(16)26-23-27-20-7-3-4-8-21(20)29-23/h1-9,11,13,18H,10,12,24H2,(H,25,28)(H,26,27). The van der Waals surface area contributed by atoms with E-state index in [1.54, 1.807) is 23.5 Å². The Morgan fingerprint density at radius 3 is 2.76 bits per heavy atom. The summed E-state index contributed by atoms with van der Waals surface area (Å²) < 4.78 is 1.18. The summed E-state index contributed by atoms with van der Waals surface area (Å²) in [4.78, 5) is 17.3. The molecule has 1 aliphatic rings. The molecule has 4 N–H and O–H groups in total. The fourth-order valence-corrected chi connectivity index (χ4v) is 4.72.